The van der Waals surface area contributed by atoms with E-state index in [0.29, 0.717) is 11.1 Å². The zero-order valence-corrected chi connectivity index (χ0v) is 16.0. The van der Waals surface area contributed by atoms with E-state index in [9.17, 15) is 14.4 Å². The van der Waals surface area contributed by atoms with Crippen LogP contribution in [-0.2, 0) is 19.9 Å². The Morgan fingerprint density at radius 1 is 0.741 bits per heavy atom. The monoisotopic (exact) mass is 367 g/mol. The SMILES string of the molecule is CNC(=O)C(C)(C)NC(=O)C(NC(C)=O)(c1ccccc1)c1ccccc1. The van der Waals surface area contributed by atoms with Crippen LogP contribution in [0.1, 0.15) is 31.9 Å². The second-order valence-corrected chi connectivity index (χ2v) is 6.82. The average Bonchev–Trinajstić information content (AvgIpc) is 2.66. The summed E-state index contributed by atoms with van der Waals surface area (Å²) >= 11 is 0. The lowest BCUT2D eigenvalue weighted by molar-refractivity contribution is -0.136. The summed E-state index contributed by atoms with van der Waals surface area (Å²) in [6.07, 6.45) is 0. The van der Waals surface area contributed by atoms with Crippen molar-refractivity contribution in [3.63, 3.8) is 0 Å². The van der Waals surface area contributed by atoms with Crippen molar-refractivity contribution in [1.82, 2.24) is 16.0 Å². The average molecular weight is 367 g/mol. The number of benzene rings is 2. The molecule has 0 heterocycles. The third-order valence-corrected chi connectivity index (χ3v) is 4.34. The molecule has 2 rings (SSSR count). The minimum absolute atomic E-state index is 0.339. The van der Waals surface area contributed by atoms with Crippen molar-refractivity contribution in [2.75, 3.05) is 7.05 Å². The maximum absolute atomic E-state index is 13.5. The molecular weight excluding hydrogens is 342 g/mol. The number of nitrogens with one attached hydrogen (secondary N) is 3. The van der Waals surface area contributed by atoms with Crippen molar-refractivity contribution >= 4 is 17.7 Å². The van der Waals surface area contributed by atoms with Gasteiger partial charge in [0.1, 0.15) is 5.54 Å². The molecule has 0 aliphatic heterocycles. The van der Waals surface area contributed by atoms with Gasteiger partial charge in [-0.3, -0.25) is 14.4 Å². The highest BCUT2D eigenvalue weighted by atomic mass is 16.2. The smallest absolute Gasteiger partial charge is 0.255 e. The standard InChI is InChI=1S/C21H25N3O3/c1-15(25)23-21(16-11-7-5-8-12-16,17-13-9-6-10-14-17)19(27)24-20(2,3)18(26)22-4/h5-14H,1-4H3,(H,22,26)(H,23,25)(H,24,27). The Morgan fingerprint density at radius 3 is 1.56 bits per heavy atom. The van der Waals surface area contributed by atoms with Gasteiger partial charge in [0.15, 0.2) is 5.54 Å². The van der Waals surface area contributed by atoms with Crippen molar-refractivity contribution in [2.24, 2.45) is 0 Å². The van der Waals surface area contributed by atoms with E-state index in [2.05, 4.69) is 16.0 Å². The van der Waals surface area contributed by atoms with Crippen LogP contribution in [-0.4, -0.2) is 30.3 Å². The Hall–Kier alpha value is -3.15. The van der Waals surface area contributed by atoms with Gasteiger partial charge in [-0.05, 0) is 25.0 Å². The van der Waals surface area contributed by atoms with Gasteiger partial charge in [-0.25, -0.2) is 0 Å². The fourth-order valence-electron chi connectivity index (χ4n) is 3.02. The highest BCUT2D eigenvalue weighted by Crippen LogP contribution is 2.31. The van der Waals surface area contributed by atoms with E-state index in [1.165, 1.54) is 14.0 Å². The molecule has 0 spiro atoms. The first-order chi connectivity index (χ1) is 12.7. The predicted octanol–water partition coefficient (Wildman–Crippen LogP) is 1.71. The van der Waals surface area contributed by atoms with Crippen molar-refractivity contribution in [3.05, 3.63) is 71.8 Å². The largest absolute Gasteiger partial charge is 0.357 e. The van der Waals surface area contributed by atoms with Crippen molar-refractivity contribution in [3.8, 4) is 0 Å². The number of hydrogen-bond acceptors (Lipinski definition) is 3. The molecule has 0 atom stereocenters. The van der Waals surface area contributed by atoms with Crippen LogP contribution in [0.5, 0.6) is 0 Å². The zero-order valence-electron chi connectivity index (χ0n) is 16.0. The van der Waals surface area contributed by atoms with E-state index in [4.69, 9.17) is 0 Å². The Kier molecular flexibility index (Phi) is 6.00. The maximum Gasteiger partial charge on any atom is 0.255 e. The van der Waals surface area contributed by atoms with E-state index in [1.807, 2.05) is 12.1 Å². The van der Waals surface area contributed by atoms with Crippen LogP contribution in [0.25, 0.3) is 0 Å². The molecule has 3 N–H and O–H groups in total. The third-order valence-electron chi connectivity index (χ3n) is 4.34. The molecule has 6 heteroatoms. The number of amides is 3. The summed E-state index contributed by atoms with van der Waals surface area (Å²) < 4.78 is 0. The van der Waals surface area contributed by atoms with Gasteiger partial charge < -0.3 is 16.0 Å². The fourth-order valence-corrected chi connectivity index (χ4v) is 3.02. The Bertz CT molecular complexity index is 778. The summed E-state index contributed by atoms with van der Waals surface area (Å²) in [5.74, 6) is -1.20. The molecule has 142 valence electrons. The number of rotatable bonds is 6. The summed E-state index contributed by atoms with van der Waals surface area (Å²) in [6.45, 7) is 4.58. The van der Waals surface area contributed by atoms with Gasteiger partial charge in [0.05, 0.1) is 0 Å². The molecule has 0 aliphatic carbocycles. The molecule has 0 bridgehead atoms. The van der Waals surface area contributed by atoms with Gasteiger partial charge >= 0.3 is 0 Å². The van der Waals surface area contributed by atoms with Crippen molar-refractivity contribution in [1.29, 1.82) is 0 Å². The zero-order chi connectivity index (χ0) is 20.1. The van der Waals surface area contributed by atoms with Crippen molar-refractivity contribution < 1.29 is 14.4 Å². The minimum Gasteiger partial charge on any atom is -0.357 e. The van der Waals surface area contributed by atoms with Crippen LogP contribution in [0.4, 0.5) is 0 Å². The van der Waals surface area contributed by atoms with Gasteiger partial charge in [-0.1, -0.05) is 60.7 Å². The van der Waals surface area contributed by atoms with E-state index < -0.39 is 17.0 Å². The fraction of sp³-hybridized carbons (Fsp3) is 0.286. The number of carbonyl (C=O) groups is 3. The summed E-state index contributed by atoms with van der Waals surface area (Å²) in [5.41, 5.74) is -1.45. The molecular formula is C21H25N3O3. The van der Waals surface area contributed by atoms with Crippen LogP contribution >= 0.6 is 0 Å². The first kappa shape index (κ1) is 20.2. The maximum atomic E-state index is 13.5. The Labute approximate surface area is 159 Å². The molecule has 0 unspecified atom stereocenters. The van der Waals surface area contributed by atoms with Crippen LogP contribution < -0.4 is 16.0 Å². The van der Waals surface area contributed by atoms with Gasteiger partial charge in [-0.2, -0.15) is 0 Å². The molecule has 0 saturated heterocycles. The second kappa shape index (κ2) is 8.03. The first-order valence-corrected chi connectivity index (χ1v) is 8.68. The molecule has 3 amide bonds. The first-order valence-electron chi connectivity index (χ1n) is 8.68. The van der Waals surface area contributed by atoms with Gasteiger partial charge in [0.2, 0.25) is 11.8 Å². The molecule has 0 aromatic heterocycles. The van der Waals surface area contributed by atoms with E-state index in [0.717, 1.165) is 0 Å². The minimum atomic E-state index is -1.47. The molecule has 0 saturated carbocycles. The Balaban J connectivity index is 2.66. The summed E-state index contributed by atoms with van der Waals surface area (Å²) in [6, 6.07) is 17.9. The molecule has 2 aromatic rings. The van der Waals surface area contributed by atoms with E-state index >= 15 is 0 Å². The van der Waals surface area contributed by atoms with E-state index in [-0.39, 0.29) is 11.8 Å². The van der Waals surface area contributed by atoms with Gasteiger partial charge in [-0.15, -0.1) is 0 Å². The normalized spacial score (nSPS) is 11.4. The van der Waals surface area contributed by atoms with Crippen molar-refractivity contribution in [2.45, 2.75) is 31.8 Å². The number of likely N-dealkylation sites (N-methyl/N-ethyl adjacent to an activating group) is 1. The lowest BCUT2D eigenvalue weighted by Gasteiger charge is -2.37. The van der Waals surface area contributed by atoms with Crippen LogP contribution in [0, 0.1) is 0 Å². The quantitative estimate of drug-likeness (QED) is 0.726. The molecule has 0 radical (unpaired) electrons. The molecule has 27 heavy (non-hydrogen) atoms. The van der Waals surface area contributed by atoms with Crippen LogP contribution in [0.2, 0.25) is 0 Å². The number of hydrogen-bond donors (Lipinski definition) is 3. The summed E-state index contributed by atoms with van der Waals surface area (Å²) in [4.78, 5) is 37.8. The molecule has 6 nitrogen and oxygen atoms in total. The van der Waals surface area contributed by atoms with Gasteiger partial charge in [0, 0.05) is 14.0 Å². The van der Waals surface area contributed by atoms with E-state index in [1.54, 1.807) is 62.4 Å². The second-order valence-electron chi connectivity index (χ2n) is 6.82. The van der Waals surface area contributed by atoms with Crippen LogP contribution in [0.15, 0.2) is 60.7 Å². The van der Waals surface area contributed by atoms with Gasteiger partial charge in [0.25, 0.3) is 5.91 Å². The lowest BCUT2D eigenvalue weighted by Crippen LogP contribution is -2.63. The highest BCUT2D eigenvalue weighted by Gasteiger charge is 2.45. The summed E-state index contributed by atoms with van der Waals surface area (Å²) in [5, 5.41) is 8.15. The molecule has 0 fully saturated rings. The molecule has 2 aromatic carbocycles. The highest BCUT2D eigenvalue weighted by molar-refractivity contribution is 5.99. The third kappa shape index (κ3) is 4.16. The lowest BCUT2D eigenvalue weighted by atomic mass is 9.81. The summed E-state index contributed by atoms with van der Waals surface area (Å²) in [7, 11) is 1.51. The van der Waals surface area contributed by atoms with Crippen LogP contribution in [0.3, 0.4) is 0 Å². The topological polar surface area (TPSA) is 87.3 Å². The Morgan fingerprint density at radius 2 is 1.19 bits per heavy atom. The predicted molar refractivity (Wildman–Crippen MR) is 104 cm³/mol. The number of carbonyl (C=O) groups excluding carboxylic acids is 3. The molecule has 0 aliphatic rings.